The van der Waals surface area contributed by atoms with Crippen LogP contribution in [0.1, 0.15) is 428 Å². The number of phosphoric acid groups is 2. The van der Waals surface area contributed by atoms with E-state index in [2.05, 4.69) is 55.4 Å². The van der Waals surface area contributed by atoms with Gasteiger partial charge < -0.3 is 33.8 Å². The monoisotopic (exact) mass is 1490 g/mol. The number of hydrogen-bond acceptors (Lipinski definition) is 15. The summed E-state index contributed by atoms with van der Waals surface area (Å²) in [5, 5.41) is 10.7. The van der Waals surface area contributed by atoms with E-state index in [1.165, 1.54) is 225 Å². The van der Waals surface area contributed by atoms with Crippen molar-refractivity contribution in [3.63, 3.8) is 0 Å². The van der Waals surface area contributed by atoms with Crippen molar-refractivity contribution < 1.29 is 80.2 Å². The molecule has 0 fully saturated rings. The lowest BCUT2D eigenvalue weighted by molar-refractivity contribution is -0.161. The fourth-order valence-electron chi connectivity index (χ4n) is 12.8. The number of aliphatic hydroxyl groups excluding tert-OH is 1. The van der Waals surface area contributed by atoms with Gasteiger partial charge in [0, 0.05) is 25.7 Å². The molecule has 3 unspecified atom stereocenters. The molecule has 0 heterocycles. The minimum Gasteiger partial charge on any atom is -0.462 e. The Kier molecular flexibility index (Phi) is 70.6. The van der Waals surface area contributed by atoms with E-state index >= 15 is 0 Å². The van der Waals surface area contributed by atoms with E-state index in [0.717, 1.165) is 114 Å². The Morgan fingerprint density at radius 2 is 0.412 bits per heavy atom. The summed E-state index contributed by atoms with van der Waals surface area (Å²) in [6, 6.07) is 0. The second-order valence-electron chi connectivity index (χ2n) is 31.8. The van der Waals surface area contributed by atoms with Crippen LogP contribution in [0.2, 0.25) is 0 Å². The minimum absolute atomic E-state index is 0.106. The number of carbonyl (C=O) groups is 4. The SMILES string of the molecule is CC(C)CCCCCCCCCCCCCCCCCCC(=O)O[C@H](COC(=O)CCCCCCCCCCCCCCCC(C)C)COP(=O)(O)OCC(O)COP(=O)(O)OC[C@@H](COC(=O)CCCCCCCCC(C)C)OC(=O)CCCCCCCCCCCCCCCCCC(C)C. The van der Waals surface area contributed by atoms with Crippen LogP contribution < -0.4 is 0 Å². The van der Waals surface area contributed by atoms with E-state index in [4.69, 9.17) is 37.0 Å². The van der Waals surface area contributed by atoms with E-state index in [1.807, 2.05) is 0 Å². The molecular formula is C83H162O17P2. The molecule has 102 heavy (non-hydrogen) atoms. The number of rotatable bonds is 80. The van der Waals surface area contributed by atoms with E-state index in [1.54, 1.807) is 0 Å². The van der Waals surface area contributed by atoms with Crippen LogP contribution in [0.3, 0.4) is 0 Å². The maximum atomic E-state index is 13.1. The molecule has 0 aliphatic heterocycles. The lowest BCUT2D eigenvalue weighted by atomic mass is 10.0. The predicted octanol–water partition coefficient (Wildman–Crippen LogP) is 24.8. The Balaban J connectivity index is 5.22. The Morgan fingerprint density at radius 3 is 0.608 bits per heavy atom. The molecule has 0 aliphatic rings. The molecule has 0 aromatic heterocycles. The summed E-state index contributed by atoms with van der Waals surface area (Å²) in [7, 11) is -9.92. The van der Waals surface area contributed by atoms with Crippen molar-refractivity contribution in [1.29, 1.82) is 0 Å². The van der Waals surface area contributed by atoms with E-state index in [0.29, 0.717) is 31.6 Å². The molecule has 0 saturated carbocycles. The minimum atomic E-state index is -4.96. The average Bonchev–Trinajstić information content (AvgIpc) is 0.908. The van der Waals surface area contributed by atoms with Crippen LogP contribution in [0.5, 0.6) is 0 Å². The highest BCUT2D eigenvalue weighted by atomic mass is 31.2. The molecule has 0 bridgehead atoms. The molecule has 0 saturated heterocycles. The van der Waals surface area contributed by atoms with Gasteiger partial charge in [-0.1, -0.05) is 376 Å². The van der Waals surface area contributed by atoms with Gasteiger partial charge in [-0.05, 0) is 49.4 Å². The number of esters is 4. The maximum absolute atomic E-state index is 13.1. The third-order valence-electron chi connectivity index (χ3n) is 19.3. The average molecular weight is 1490 g/mol. The van der Waals surface area contributed by atoms with Gasteiger partial charge in [0.2, 0.25) is 0 Å². The first-order chi connectivity index (χ1) is 49.1. The number of ether oxygens (including phenoxy) is 4. The second kappa shape index (κ2) is 72.0. The fourth-order valence-corrected chi connectivity index (χ4v) is 14.4. The summed E-state index contributed by atoms with van der Waals surface area (Å²) in [5.74, 6) is 0.970. The summed E-state index contributed by atoms with van der Waals surface area (Å²) in [4.78, 5) is 73.1. The van der Waals surface area contributed by atoms with Crippen LogP contribution in [0.25, 0.3) is 0 Å². The van der Waals surface area contributed by atoms with Gasteiger partial charge in [-0.3, -0.25) is 37.3 Å². The molecule has 3 N–H and O–H groups in total. The summed E-state index contributed by atoms with van der Waals surface area (Å²) in [6.45, 7) is 14.3. The summed E-state index contributed by atoms with van der Waals surface area (Å²) < 4.78 is 68.8. The molecule has 0 amide bonds. The highest BCUT2D eigenvalue weighted by molar-refractivity contribution is 7.47. The molecule has 0 aliphatic carbocycles. The fraction of sp³-hybridized carbons (Fsp3) is 0.952. The van der Waals surface area contributed by atoms with Gasteiger partial charge in [0.25, 0.3) is 0 Å². The van der Waals surface area contributed by atoms with Crippen LogP contribution >= 0.6 is 15.6 Å². The highest BCUT2D eigenvalue weighted by Gasteiger charge is 2.30. The maximum Gasteiger partial charge on any atom is 0.472 e. The standard InChI is InChI=1S/C83H162O17P2/c1-73(2)59-51-43-35-29-23-17-12-9-10-14-20-27-33-39-49-57-65-82(87)99-78(69-93-80(85)63-55-47-38-32-26-22-16-19-25-31-37-45-53-61-75(5)6)71-97-101(89,90)95-67-77(84)68-96-102(91,92)98-72-79(70-94-81(86)64-56-48-42-41-46-54-62-76(7)8)100-83(88)66-58-50-40-34-28-21-15-11-13-18-24-30-36-44-52-60-74(3)4/h73-79,84H,9-72H2,1-8H3,(H,89,90)(H,91,92)/t77?,78-,79-/m1/s1. The van der Waals surface area contributed by atoms with Crippen molar-refractivity contribution in [2.45, 2.75) is 446 Å². The van der Waals surface area contributed by atoms with Crippen molar-refractivity contribution in [3.8, 4) is 0 Å². The zero-order valence-corrected chi connectivity index (χ0v) is 69.0. The van der Waals surface area contributed by atoms with Crippen LogP contribution in [-0.4, -0.2) is 96.7 Å². The molecule has 0 aromatic rings. The largest absolute Gasteiger partial charge is 0.472 e. The first-order valence-electron chi connectivity index (χ1n) is 42.7. The summed E-state index contributed by atoms with van der Waals surface area (Å²) in [5.41, 5.74) is 0. The van der Waals surface area contributed by atoms with E-state index in [-0.39, 0.29) is 25.7 Å². The Morgan fingerprint density at radius 1 is 0.245 bits per heavy atom. The topological polar surface area (TPSA) is 237 Å². The van der Waals surface area contributed by atoms with E-state index < -0.39 is 97.5 Å². The van der Waals surface area contributed by atoms with Gasteiger partial charge in [0.15, 0.2) is 12.2 Å². The Bertz CT molecular complexity index is 1990. The smallest absolute Gasteiger partial charge is 0.462 e. The number of aliphatic hydroxyl groups is 1. The lowest BCUT2D eigenvalue weighted by Gasteiger charge is -2.21. The molecular weight excluding hydrogens is 1330 g/mol. The predicted molar refractivity (Wildman–Crippen MR) is 418 cm³/mol. The third-order valence-corrected chi connectivity index (χ3v) is 21.2. The Labute approximate surface area is 626 Å². The molecule has 5 atom stereocenters. The summed E-state index contributed by atoms with van der Waals surface area (Å²) >= 11 is 0. The van der Waals surface area contributed by atoms with Crippen molar-refractivity contribution in [1.82, 2.24) is 0 Å². The number of hydrogen-bond donors (Lipinski definition) is 3. The van der Waals surface area contributed by atoms with Crippen molar-refractivity contribution in [2.75, 3.05) is 39.6 Å². The van der Waals surface area contributed by atoms with Crippen LogP contribution in [0, 0.1) is 23.7 Å². The van der Waals surface area contributed by atoms with Crippen LogP contribution in [0.15, 0.2) is 0 Å². The van der Waals surface area contributed by atoms with Gasteiger partial charge in [-0.2, -0.15) is 0 Å². The van der Waals surface area contributed by atoms with Gasteiger partial charge in [-0.15, -0.1) is 0 Å². The molecule has 0 rings (SSSR count). The van der Waals surface area contributed by atoms with E-state index in [9.17, 15) is 43.2 Å². The molecule has 17 nitrogen and oxygen atoms in total. The number of carbonyl (C=O) groups excluding carboxylic acids is 4. The highest BCUT2D eigenvalue weighted by Crippen LogP contribution is 2.45. The summed E-state index contributed by atoms with van der Waals surface area (Å²) in [6.07, 6.45) is 59.8. The zero-order chi connectivity index (χ0) is 75.3. The molecule has 0 spiro atoms. The third kappa shape index (κ3) is 76.3. The number of phosphoric ester groups is 2. The molecule has 0 radical (unpaired) electrons. The Hall–Kier alpha value is -1.94. The number of unbranched alkanes of at least 4 members (excludes halogenated alkanes) is 46. The van der Waals surface area contributed by atoms with Crippen molar-refractivity contribution in [2.24, 2.45) is 23.7 Å². The lowest BCUT2D eigenvalue weighted by Crippen LogP contribution is -2.30. The second-order valence-corrected chi connectivity index (χ2v) is 34.7. The van der Waals surface area contributed by atoms with Gasteiger partial charge in [0.1, 0.15) is 19.3 Å². The zero-order valence-electron chi connectivity index (χ0n) is 67.2. The quantitative estimate of drug-likeness (QED) is 0.0222. The van der Waals surface area contributed by atoms with Crippen LogP contribution in [0.4, 0.5) is 0 Å². The first kappa shape index (κ1) is 100. The molecule has 0 aromatic carbocycles. The van der Waals surface area contributed by atoms with Crippen molar-refractivity contribution >= 4 is 39.5 Å². The normalized spacial score (nSPS) is 14.0. The van der Waals surface area contributed by atoms with Crippen LogP contribution in [-0.2, 0) is 65.4 Å². The molecule has 19 heteroatoms. The van der Waals surface area contributed by atoms with Crippen molar-refractivity contribution in [3.05, 3.63) is 0 Å². The first-order valence-corrected chi connectivity index (χ1v) is 45.7. The van der Waals surface area contributed by atoms with Gasteiger partial charge in [-0.25, -0.2) is 9.13 Å². The molecule has 606 valence electrons. The van der Waals surface area contributed by atoms with Gasteiger partial charge in [0.05, 0.1) is 26.4 Å². The van der Waals surface area contributed by atoms with Gasteiger partial charge >= 0.3 is 39.5 Å².